The fourth-order valence-electron chi connectivity index (χ4n) is 2.90. The van der Waals surface area contributed by atoms with E-state index in [0.29, 0.717) is 24.3 Å². The summed E-state index contributed by atoms with van der Waals surface area (Å²) in [7, 11) is -1.25. The number of hydrogen-bond acceptors (Lipinski definition) is 5. The van der Waals surface area contributed by atoms with Gasteiger partial charge in [0.25, 0.3) is 0 Å². The number of amidine groups is 1. The number of benzene rings is 3. The zero-order valence-electron chi connectivity index (χ0n) is 16.4. The summed E-state index contributed by atoms with van der Waals surface area (Å²) >= 11 is 0. The van der Waals surface area contributed by atoms with E-state index < -0.39 is 13.4 Å². The normalized spacial score (nSPS) is 12.2. The second-order valence-corrected chi connectivity index (χ2v) is 9.16. The average Bonchev–Trinajstić information content (AvgIpc) is 2.74. The highest BCUT2D eigenvalue weighted by molar-refractivity contribution is 7.55. The lowest BCUT2D eigenvalue weighted by Crippen LogP contribution is -2.28. The Balaban J connectivity index is 1.85. The van der Waals surface area contributed by atoms with Crippen molar-refractivity contribution in [2.24, 2.45) is 5.73 Å². The molecular weight excluding hydrogens is 416 g/mol. The third-order valence-electron chi connectivity index (χ3n) is 4.37. The Hall–Kier alpha value is -2.65. The molecule has 0 heterocycles. The van der Waals surface area contributed by atoms with Crippen LogP contribution in [0.3, 0.4) is 0 Å². The van der Waals surface area contributed by atoms with E-state index in [-0.39, 0.29) is 5.84 Å². The molecule has 0 radical (unpaired) electrons. The Morgan fingerprint density at radius 1 is 0.900 bits per heavy atom. The Morgan fingerprint density at radius 3 is 1.80 bits per heavy atom. The molecule has 0 saturated carbocycles. The molecule has 3 rings (SSSR count). The van der Waals surface area contributed by atoms with Crippen LogP contribution in [0.4, 0.5) is 0 Å². The molecule has 6 nitrogen and oxygen atoms in total. The van der Waals surface area contributed by atoms with Crippen LogP contribution >= 0.6 is 17.0 Å². The molecule has 4 N–H and O–H groups in total. The number of rotatable bonds is 10. The Bertz CT molecular complexity index is 954. The van der Waals surface area contributed by atoms with E-state index in [4.69, 9.17) is 20.2 Å². The molecular formula is C22H25N3O3P2. The van der Waals surface area contributed by atoms with E-state index in [2.05, 4.69) is 14.5 Å². The summed E-state index contributed by atoms with van der Waals surface area (Å²) in [6.07, 6.45) is 0.819. The van der Waals surface area contributed by atoms with Crippen LogP contribution in [0.2, 0.25) is 0 Å². The van der Waals surface area contributed by atoms with Gasteiger partial charge in [0.1, 0.15) is 17.3 Å². The fraction of sp³-hybridized carbons (Fsp3) is 0.136. The van der Waals surface area contributed by atoms with Gasteiger partial charge in [-0.25, -0.2) is 4.57 Å². The molecule has 156 valence electrons. The minimum Gasteiger partial charge on any atom is -0.415 e. The van der Waals surface area contributed by atoms with E-state index in [1.165, 1.54) is 0 Å². The summed E-state index contributed by atoms with van der Waals surface area (Å²) < 4.78 is 25.8. The summed E-state index contributed by atoms with van der Waals surface area (Å²) in [5.41, 5.74) is 7.37. The van der Waals surface area contributed by atoms with Gasteiger partial charge in [-0.2, -0.15) is 0 Å². The van der Waals surface area contributed by atoms with Crippen molar-refractivity contribution in [3.05, 3.63) is 96.1 Å². The molecule has 30 heavy (non-hydrogen) atoms. The quantitative estimate of drug-likeness (QED) is 0.239. The fourth-order valence-corrected chi connectivity index (χ4v) is 5.31. The summed E-state index contributed by atoms with van der Waals surface area (Å²) in [6.45, 7) is 0. The molecule has 0 aliphatic carbocycles. The van der Waals surface area contributed by atoms with E-state index in [0.717, 1.165) is 11.1 Å². The first-order chi connectivity index (χ1) is 14.5. The van der Waals surface area contributed by atoms with E-state index in [1.54, 1.807) is 24.3 Å². The lowest BCUT2D eigenvalue weighted by Gasteiger charge is -2.27. The molecule has 0 fully saturated rings. The van der Waals surface area contributed by atoms with E-state index >= 15 is 0 Å². The molecule has 0 amide bonds. The molecule has 0 aromatic heterocycles. The monoisotopic (exact) mass is 441 g/mol. The third-order valence-corrected chi connectivity index (χ3v) is 7.08. The topological polar surface area (TPSA) is 97.4 Å². The molecule has 0 bridgehead atoms. The molecule has 0 spiro atoms. The zero-order chi connectivity index (χ0) is 21.4. The first-order valence-corrected chi connectivity index (χ1v) is 11.6. The van der Waals surface area contributed by atoms with E-state index in [1.807, 2.05) is 60.7 Å². The Kier molecular flexibility index (Phi) is 7.64. The number of hydrogen-bond donors (Lipinski definition) is 3. The van der Waals surface area contributed by atoms with Crippen molar-refractivity contribution in [2.75, 3.05) is 0 Å². The van der Waals surface area contributed by atoms with Gasteiger partial charge < -0.3 is 14.8 Å². The highest BCUT2D eigenvalue weighted by atomic mass is 31.2. The van der Waals surface area contributed by atoms with Gasteiger partial charge in [-0.05, 0) is 35.4 Å². The summed E-state index contributed by atoms with van der Waals surface area (Å²) in [6, 6.07) is 25.7. The van der Waals surface area contributed by atoms with Crippen LogP contribution in [0.5, 0.6) is 11.5 Å². The van der Waals surface area contributed by atoms with Crippen LogP contribution in [0, 0.1) is 5.41 Å². The van der Waals surface area contributed by atoms with Crippen LogP contribution in [-0.4, -0.2) is 11.6 Å². The lowest BCUT2D eigenvalue weighted by molar-refractivity contribution is 0.368. The molecule has 2 atom stereocenters. The van der Waals surface area contributed by atoms with Crippen LogP contribution < -0.4 is 19.9 Å². The lowest BCUT2D eigenvalue weighted by atomic mass is 10.1. The second kappa shape index (κ2) is 10.4. The molecule has 0 aliphatic heterocycles. The Labute approximate surface area is 179 Å². The largest absolute Gasteiger partial charge is 0.448 e. The molecule has 0 saturated heterocycles. The molecule has 3 aromatic rings. The van der Waals surface area contributed by atoms with Crippen molar-refractivity contribution in [1.29, 1.82) is 5.41 Å². The van der Waals surface area contributed by atoms with Crippen LogP contribution in [0.15, 0.2) is 84.9 Å². The number of para-hydroxylation sites is 2. The van der Waals surface area contributed by atoms with Crippen LogP contribution in [0.1, 0.15) is 11.1 Å². The van der Waals surface area contributed by atoms with Crippen molar-refractivity contribution in [3.63, 3.8) is 0 Å². The third kappa shape index (κ3) is 6.17. The molecule has 2 unspecified atom stereocenters. The standard InChI is InChI=1S/C22H25N3O3P2/c23-21(24)15-17-11-13-18(14-12-17)16-22(25-29)30(26,27-19-7-3-1-4-8-19)28-20-9-5-2-6-10-20/h1-14,22,25H,15-16,29H2,(H3,23,24). The molecule has 3 aromatic carbocycles. The van der Waals surface area contributed by atoms with Crippen molar-refractivity contribution in [1.82, 2.24) is 5.09 Å². The highest BCUT2D eigenvalue weighted by Crippen LogP contribution is 2.53. The average molecular weight is 441 g/mol. The van der Waals surface area contributed by atoms with Gasteiger partial charge in [-0.3, -0.25) is 10.5 Å². The summed E-state index contributed by atoms with van der Waals surface area (Å²) in [4.78, 5) is 0. The summed E-state index contributed by atoms with van der Waals surface area (Å²) in [5.74, 6) is 0.448. The van der Waals surface area contributed by atoms with Crippen molar-refractivity contribution in [2.45, 2.75) is 18.6 Å². The number of nitrogens with two attached hydrogens (primary N) is 1. The van der Waals surface area contributed by atoms with Crippen LogP contribution in [-0.2, 0) is 17.4 Å². The smallest absolute Gasteiger partial charge is 0.415 e. The Morgan fingerprint density at radius 2 is 1.37 bits per heavy atom. The maximum absolute atomic E-state index is 13.9. The zero-order valence-corrected chi connectivity index (χ0v) is 18.5. The van der Waals surface area contributed by atoms with Crippen LogP contribution in [0.25, 0.3) is 0 Å². The minimum atomic E-state index is -3.66. The van der Waals surface area contributed by atoms with Gasteiger partial charge in [-0.15, -0.1) is 0 Å². The van der Waals surface area contributed by atoms with Crippen molar-refractivity contribution < 1.29 is 13.6 Å². The van der Waals surface area contributed by atoms with Gasteiger partial charge in [0.2, 0.25) is 0 Å². The SMILES string of the molecule is N=C(N)Cc1ccc(CC(NP)P(=O)(Oc2ccccc2)Oc2ccccc2)cc1. The van der Waals surface area contributed by atoms with Gasteiger partial charge in [0.15, 0.2) is 0 Å². The van der Waals surface area contributed by atoms with Gasteiger partial charge in [0, 0.05) is 12.8 Å². The number of nitrogens with one attached hydrogen (secondary N) is 2. The predicted molar refractivity (Wildman–Crippen MR) is 124 cm³/mol. The molecule has 0 aliphatic rings. The van der Waals surface area contributed by atoms with Crippen molar-refractivity contribution >= 4 is 22.8 Å². The maximum atomic E-state index is 13.9. The first-order valence-electron chi connectivity index (χ1n) is 9.44. The minimum absolute atomic E-state index is 0.115. The predicted octanol–water partition coefficient (Wildman–Crippen LogP) is 4.76. The van der Waals surface area contributed by atoms with Gasteiger partial charge in [0.05, 0.1) is 5.84 Å². The molecule has 8 heteroatoms. The summed E-state index contributed by atoms with van der Waals surface area (Å²) in [5, 5.41) is 10.4. The van der Waals surface area contributed by atoms with Gasteiger partial charge >= 0.3 is 7.60 Å². The maximum Gasteiger partial charge on any atom is 0.448 e. The highest BCUT2D eigenvalue weighted by Gasteiger charge is 2.38. The van der Waals surface area contributed by atoms with E-state index in [9.17, 15) is 4.57 Å². The van der Waals surface area contributed by atoms with Gasteiger partial charge in [-0.1, -0.05) is 70.1 Å². The van der Waals surface area contributed by atoms with Crippen molar-refractivity contribution in [3.8, 4) is 11.5 Å². The first kappa shape index (κ1) is 22.0. The second-order valence-electron chi connectivity index (χ2n) is 6.75.